The number of ether oxygens (including phenoxy) is 3. The van der Waals surface area contributed by atoms with Crippen molar-refractivity contribution in [3.63, 3.8) is 0 Å². The lowest BCUT2D eigenvalue weighted by molar-refractivity contribution is -0.116. The van der Waals surface area contributed by atoms with E-state index in [0.717, 1.165) is 18.7 Å². The van der Waals surface area contributed by atoms with E-state index in [2.05, 4.69) is 46.8 Å². The standard InChI is InChI=1S/C27H33N7O4/c1-16(35)11-17-12-19(7-9-28-17)38-20-14-29-25-23(24(20)36-6)33(5)26(31-25)30-22-13-21(27(2,3)4)34(32-22)18-8-10-37-15-18/h7,9,12-14,18H,8,10-11,15H2,1-6H3,(H,29,30,31,32). The van der Waals surface area contributed by atoms with Gasteiger partial charge in [0.25, 0.3) is 0 Å². The number of hydrogen-bond acceptors (Lipinski definition) is 9. The number of nitrogens with zero attached hydrogens (tertiary/aromatic N) is 6. The molecule has 5 rings (SSSR count). The fourth-order valence-corrected chi connectivity index (χ4v) is 4.63. The van der Waals surface area contributed by atoms with Gasteiger partial charge < -0.3 is 24.1 Å². The Morgan fingerprint density at radius 1 is 1.26 bits per heavy atom. The second kappa shape index (κ2) is 10.1. The number of nitrogens with one attached hydrogen (secondary N) is 1. The Labute approximate surface area is 221 Å². The van der Waals surface area contributed by atoms with Crippen LogP contribution in [0, 0.1) is 0 Å². The van der Waals surface area contributed by atoms with Crippen molar-refractivity contribution in [2.45, 2.75) is 52.0 Å². The summed E-state index contributed by atoms with van der Waals surface area (Å²) in [5, 5.41) is 8.24. The Hall–Kier alpha value is -3.99. The number of fused-ring (bicyclic) bond motifs is 1. The van der Waals surface area contributed by atoms with Gasteiger partial charge in [-0.2, -0.15) is 10.1 Å². The fourth-order valence-electron chi connectivity index (χ4n) is 4.63. The Bertz CT molecular complexity index is 1480. The van der Waals surface area contributed by atoms with Crippen LogP contribution in [0.25, 0.3) is 11.2 Å². The number of aromatic nitrogens is 6. The van der Waals surface area contributed by atoms with Gasteiger partial charge in [-0.05, 0) is 19.4 Å². The summed E-state index contributed by atoms with van der Waals surface area (Å²) >= 11 is 0. The van der Waals surface area contributed by atoms with E-state index in [1.165, 1.54) is 6.92 Å². The highest BCUT2D eigenvalue weighted by Gasteiger charge is 2.28. The van der Waals surface area contributed by atoms with Crippen molar-refractivity contribution in [1.29, 1.82) is 0 Å². The summed E-state index contributed by atoms with van der Waals surface area (Å²) in [5.41, 5.74) is 2.85. The lowest BCUT2D eigenvalue weighted by atomic mass is 9.91. The van der Waals surface area contributed by atoms with Crippen LogP contribution in [0.3, 0.4) is 0 Å². The number of imidazole rings is 1. The van der Waals surface area contributed by atoms with Crippen molar-refractivity contribution >= 4 is 28.7 Å². The lowest BCUT2D eigenvalue weighted by Crippen LogP contribution is -2.22. The van der Waals surface area contributed by atoms with E-state index in [4.69, 9.17) is 24.3 Å². The van der Waals surface area contributed by atoms with Crippen molar-refractivity contribution in [3.05, 3.63) is 42.0 Å². The summed E-state index contributed by atoms with van der Waals surface area (Å²) in [6.07, 6.45) is 4.37. The monoisotopic (exact) mass is 519 g/mol. The largest absolute Gasteiger partial charge is 0.491 e. The molecule has 1 aliphatic heterocycles. The first-order valence-corrected chi connectivity index (χ1v) is 12.6. The van der Waals surface area contributed by atoms with Gasteiger partial charge in [-0.15, -0.1) is 0 Å². The van der Waals surface area contributed by atoms with Crippen LogP contribution < -0.4 is 14.8 Å². The molecule has 4 aromatic heterocycles. The molecule has 0 saturated carbocycles. The van der Waals surface area contributed by atoms with Crippen LogP contribution in [-0.4, -0.2) is 55.4 Å². The molecular formula is C27H33N7O4. The van der Waals surface area contributed by atoms with E-state index in [9.17, 15) is 4.79 Å². The van der Waals surface area contributed by atoms with E-state index in [1.807, 2.05) is 11.6 Å². The molecule has 200 valence electrons. The van der Waals surface area contributed by atoms with Gasteiger partial charge in [0.2, 0.25) is 5.95 Å². The third kappa shape index (κ3) is 5.06. The molecule has 1 fully saturated rings. The van der Waals surface area contributed by atoms with Crippen LogP contribution in [0.2, 0.25) is 0 Å². The van der Waals surface area contributed by atoms with Gasteiger partial charge in [-0.25, -0.2) is 4.98 Å². The van der Waals surface area contributed by atoms with Gasteiger partial charge >= 0.3 is 0 Å². The summed E-state index contributed by atoms with van der Waals surface area (Å²) in [6, 6.07) is 5.74. The van der Waals surface area contributed by atoms with Crippen LogP contribution in [0.1, 0.15) is 51.5 Å². The number of carbonyl (C=O) groups is 1. The molecule has 1 N–H and O–H groups in total. The van der Waals surface area contributed by atoms with E-state index in [1.54, 1.807) is 31.6 Å². The average Bonchev–Trinajstić information content (AvgIpc) is 3.59. The predicted molar refractivity (Wildman–Crippen MR) is 142 cm³/mol. The molecule has 5 heterocycles. The molecule has 0 amide bonds. The zero-order valence-electron chi connectivity index (χ0n) is 22.6. The predicted octanol–water partition coefficient (Wildman–Crippen LogP) is 4.49. The Morgan fingerprint density at radius 2 is 2.08 bits per heavy atom. The first-order valence-electron chi connectivity index (χ1n) is 12.6. The molecule has 4 aromatic rings. The number of carbonyl (C=O) groups excluding carboxylic acids is 1. The third-order valence-corrected chi connectivity index (χ3v) is 6.47. The number of Topliss-reactive ketones (excluding diaryl/α,β-unsaturated/α-hetero) is 1. The van der Waals surface area contributed by atoms with Crippen LogP contribution >= 0.6 is 0 Å². The van der Waals surface area contributed by atoms with Gasteiger partial charge in [0, 0.05) is 49.5 Å². The molecule has 1 saturated heterocycles. The Balaban J connectivity index is 1.47. The second-order valence-electron chi connectivity index (χ2n) is 10.5. The van der Waals surface area contributed by atoms with E-state index in [-0.39, 0.29) is 23.7 Å². The topological polar surface area (TPSA) is 118 Å². The Morgan fingerprint density at radius 3 is 2.76 bits per heavy atom. The van der Waals surface area contributed by atoms with Crippen molar-refractivity contribution in [3.8, 4) is 17.2 Å². The van der Waals surface area contributed by atoms with Crippen LogP contribution in [0.4, 0.5) is 11.8 Å². The van der Waals surface area contributed by atoms with Crippen molar-refractivity contribution < 1.29 is 19.0 Å². The molecule has 1 atom stereocenters. The highest BCUT2D eigenvalue weighted by atomic mass is 16.5. The van der Waals surface area contributed by atoms with Gasteiger partial charge in [-0.1, -0.05) is 20.8 Å². The molecule has 0 aliphatic carbocycles. The third-order valence-electron chi connectivity index (χ3n) is 6.47. The minimum atomic E-state index is -0.0872. The highest BCUT2D eigenvalue weighted by Crippen LogP contribution is 2.38. The smallest absolute Gasteiger partial charge is 0.211 e. The quantitative estimate of drug-likeness (QED) is 0.359. The number of pyridine rings is 2. The highest BCUT2D eigenvalue weighted by molar-refractivity contribution is 5.84. The SMILES string of the molecule is COc1c(Oc2ccnc(CC(C)=O)c2)cnc2nc(Nc3cc(C(C)(C)C)n(C4CCOC4)n3)n(C)c12. The summed E-state index contributed by atoms with van der Waals surface area (Å²) in [4.78, 5) is 24.9. The molecule has 1 aliphatic rings. The Kier molecular flexibility index (Phi) is 6.78. The number of aryl methyl sites for hydroxylation is 1. The zero-order valence-corrected chi connectivity index (χ0v) is 22.6. The number of hydrogen-bond donors (Lipinski definition) is 1. The number of anilines is 2. The van der Waals surface area contributed by atoms with Crippen molar-refractivity contribution in [2.75, 3.05) is 25.6 Å². The average molecular weight is 520 g/mol. The van der Waals surface area contributed by atoms with Crippen LogP contribution in [-0.2, 0) is 28.4 Å². The maximum Gasteiger partial charge on any atom is 0.211 e. The van der Waals surface area contributed by atoms with Gasteiger partial charge in [-0.3, -0.25) is 14.5 Å². The number of rotatable bonds is 8. The first-order chi connectivity index (χ1) is 18.1. The summed E-state index contributed by atoms with van der Waals surface area (Å²) in [5.74, 6) is 2.75. The van der Waals surface area contributed by atoms with Crippen LogP contribution in [0.5, 0.6) is 17.2 Å². The molecule has 38 heavy (non-hydrogen) atoms. The minimum absolute atomic E-state index is 0.0289. The van der Waals surface area contributed by atoms with E-state index >= 15 is 0 Å². The normalized spacial score (nSPS) is 15.7. The molecule has 0 radical (unpaired) electrons. The maximum atomic E-state index is 11.5. The van der Waals surface area contributed by atoms with Crippen LogP contribution in [0.15, 0.2) is 30.6 Å². The molecule has 0 aromatic carbocycles. The zero-order chi connectivity index (χ0) is 27.0. The molecule has 1 unspecified atom stereocenters. The molecule has 11 heteroatoms. The van der Waals surface area contributed by atoms with Gasteiger partial charge in [0.15, 0.2) is 23.0 Å². The summed E-state index contributed by atoms with van der Waals surface area (Å²) in [6.45, 7) is 9.47. The van der Waals surface area contributed by atoms with Gasteiger partial charge in [0.05, 0.1) is 31.6 Å². The molecule has 11 nitrogen and oxygen atoms in total. The number of methoxy groups -OCH3 is 1. The molecule has 0 bridgehead atoms. The van der Waals surface area contributed by atoms with E-state index < -0.39 is 0 Å². The first kappa shape index (κ1) is 25.7. The minimum Gasteiger partial charge on any atom is -0.491 e. The summed E-state index contributed by atoms with van der Waals surface area (Å²) in [7, 11) is 3.46. The summed E-state index contributed by atoms with van der Waals surface area (Å²) < 4.78 is 21.4. The van der Waals surface area contributed by atoms with Crippen molar-refractivity contribution in [1.82, 2.24) is 29.3 Å². The maximum absolute atomic E-state index is 11.5. The van der Waals surface area contributed by atoms with E-state index in [0.29, 0.717) is 52.5 Å². The lowest BCUT2D eigenvalue weighted by Gasteiger charge is -2.22. The molecular weight excluding hydrogens is 486 g/mol. The fraction of sp³-hybridized carbons (Fsp3) is 0.444. The van der Waals surface area contributed by atoms with Crippen molar-refractivity contribution in [2.24, 2.45) is 7.05 Å². The van der Waals surface area contributed by atoms with Gasteiger partial charge in [0.1, 0.15) is 17.0 Å². The molecule has 0 spiro atoms. The number of ketones is 1. The second-order valence-corrected chi connectivity index (χ2v) is 10.5.